The van der Waals surface area contributed by atoms with Crippen molar-refractivity contribution in [1.82, 2.24) is 4.98 Å². The molecule has 0 aromatic carbocycles. The maximum Gasteiger partial charge on any atom is 0.127 e. The molecule has 0 aliphatic heterocycles. The zero-order chi connectivity index (χ0) is 12.7. The van der Waals surface area contributed by atoms with Crippen LogP contribution in [0.2, 0.25) is 0 Å². The summed E-state index contributed by atoms with van der Waals surface area (Å²) in [6.45, 7) is 8.34. The largest absolute Gasteiger partial charge is 0.396 e. The smallest absolute Gasteiger partial charge is 0.127 e. The highest BCUT2D eigenvalue weighted by atomic mass is 16.3. The molecule has 0 fully saturated rings. The quantitative estimate of drug-likeness (QED) is 0.762. The third-order valence-corrected chi connectivity index (χ3v) is 2.61. The lowest BCUT2D eigenvalue weighted by Crippen LogP contribution is -2.32. The molecule has 0 bridgehead atoms. The molecule has 17 heavy (non-hydrogen) atoms. The van der Waals surface area contributed by atoms with Crippen LogP contribution in [0.15, 0.2) is 18.3 Å². The van der Waals surface area contributed by atoms with Gasteiger partial charge in [-0.2, -0.15) is 0 Å². The number of nitrogens with zero attached hydrogens (tertiary/aromatic N) is 2. The van der Waals surface area contributed by atoms with Gasteiger partial charge in [0, 0.05) is 43.7 Å². The van der Waals surface area contributed by atoms with Crippen LogP contribution in [0.5, 0.6) is 0 Å². The average Bonchev–Trinajstić information content (AvgIpc) is 2.30. The van der Waals surface area contributed by atoms with Gasteiger partial charge in [-0.1, -0.05) is 0 Å². The molecule has 0 amide bonds. The van der Waals surface area contributed by atoms with Gasteiger partial charge in [0.15, 0.2) is 0 Å². The first-order valence-electron chi connectivity index (χ1n) is 6.26. The molecule has 0 aliphatic carbocycles. The van der Waals surface area contributed by atoms with E-state index >= 15 is 0 Å². The Labute approximate surface area is 104 Å². The van der Waals surface area contributed by atoms with Crippen molar-refractivity contribution >= 4 is 11.5 Å². The van der Waals surface area contributed by atoms with E-state index in [1.165, 1.54) is 0 Å². The molecule has 4 heteroatoms. The molecule has 1 heterocycles. The van der Waals surface area contributed by atoms with E-state index in [1.54, 1.807) is 0 Å². The molecule has 4 nitrogen and oxygen atoms in total. The average molecular weight is 237 g/mol. The highest BCUT2D eigenvalue weighted by Crippen LogP contribution is 2.19. The van der Waals surface area contributed by atoms with Gasteiger partial charge in [0.05, 0.1) is 0 Å². The van der Waals surface area contributed by atoms with Crippen LogP contribution >= 0.6 is 0 Å². The summed E-state index contributed by atoms with van der Waals surface area (Å²) in [7, 11) is 0. The summed E-state index contributed by atoms with van der Waals surface area (Å²) < 4.78 is 0. The lowest BCUT2D eigenvalue weighted by molar-refractivity contribution is 0.288. The van der Waals surface area contributed by atoms with E-state index in [0.29, 0.717) is 6.04 Å². The fourth-order valence-electron chi connectivity index (χ4n) is 1.80. The number of hydrogen-bond acceptors (Lipinski definition) is 4. The van der Waals surface area contributed by atoms with Crippen LogP contribution in [0.4, 0.5) is 11.5 Å². The highest BCUT2D eigenvalue weighted by Gasteiger charge is 2.10. The molecule has 0 saturated carbocycles. The van der Waals surface area contributed by atoms with E-state index < -0.39 is 0 Å². The van der Waals surface area contributed by atoms with E-state index in [-0.39, 0.29) is 6.61 Å². The molecular weight excluding hydrogens is 214 g/mol. The van der Waals surface area contributed by atoms with E-state index in [0.717, 1.165) is 31.0 Å². The van der Waals surface area contributed by atoms with Crippen molar-refractivity contribution in [3.63, 3.8) is 0 Å². The van der Waals surface area contributed by atoms with Gasteiger partial charge in [0.1, 0.15) is 5.82 Å². The van der Waals surface area contributed by atoms with Crippen molar-refractivity contribution in [3.8, 4) is 0 Å². The Hall–Kier alpha value is -1.29. The Balaban J connectivity index is 2.81. The number of aliphatic hydroxyl groups excluding tert-OH is 1. The third-order valence-electron chi connectivity index (χ3n) is 2.61. The number of aliphatic hydroxyl groups is 1. The van der Waals surface area contributed by atoms with E-state index in [4.69, 9.17) is 5.11 Å². The Bertz CT molecular complexity index is 328. The number of pyridine rings is 1. The molecule has 1 aromatic heterocycles. The van der Waals surface area contributed by atoms with Gasteiger partial charge >= 0.3 is 0 Å². The molecule has 0 saturated heterocycles. The molecular formula is C13H23N3O. The number of anilines is 2. The van der Waals surface area contributed by atoms with E-state index in [9.17, 15) is 0 Å². The van der Waals surface area contributed by atoms with Crippen molar-refractivity contribution in [2.45, 2.75) is 33.2 Å². The van der Waals surface area contributed by atoms with Crippen LogP contribution in [0.25, 0.3) is 0 Å². The predicted octanol–water partition coefficient (Wildman–Crippen LogP) is 2.11. The van der Waals surface area contributed by atoms with Gasteiger partial charge in [-0.25, -0.2) is 4.98 Å². The van der Waals surface area contributed by atoms with Crippen molar-refractivity contribution in [1.29, 1.82) is 0 Å². The lowest BCUT2D eigenvalue weighted by atomic mass is 10.2. The minimum atomic E-state index is 0.231. The zero-order valence-electron chi connectivity index (χ0n) is 11.0. The first-order valence-corrected chi connectivity index (χ1v) is 6.26. The molecule has 2 N–H and O–H groups in total. The normalized spacial score (nSPS) is 10.6. The number of rotatable bonds is 7. The van der Waals surface area contributed by atoms with Crippen LogP contribution in [0, 0.1) is 0 Å². The van der Waals surface area contributed by atoms with Crippen molar-refractivity contribution in [3.05, 3.63) is 18.3 Å². The monoisotopic (exact) mass is 237 g/mol. The topological polar surface area (TPSA) is 48.4 Å². The Morgan fingerprint density at radius 2 is 2.24 bits per heavy atom. The number of nitrogens with one attached hydrogen (secondary N) is 1. The summed E-state index contributed by atoms with van der Waals surface area (Å²) in [5.74, 6) is 0.902. The van der Waals surface area contributed by atoms with Crippen molar-refractivity contribution < 1.29 is 5.11 Å². The lowest BCUT2D eigenvalue weighted by Gasteiger charge is -2.29. The highest BCUT2D eigenvalue weighted by molar-refractivity contribution is 5.54. The van der Waals surface area contributed by atoms with Crippen LogP contribution in [0.3, 0.4) is 0 Å². The van der Waals surface area contributed by atoms with Crippen molar-refractivity contribution in [2.75, 3.05) is 29.9 Å². The minimum Gasteiger partial charge on any atom is -0.396 e. The van der Waals surface area contributed by atoms with Crippen LogP contribution in [0.1, 0.15) is 27.2 Å². The van der Waals surface area contributed by atoms with Gasteiger partial charge in [-0.05, 0) is 33.3 Å². The third kappa shape index (κ3) is 4.23. The van der Waals surface area contributed by atoms with Crippen LogP contribution in [-0.2, 0) is 0 Å². The Morgan fingerprint density at radius 1 is 1.47 bits per heavy atom. The zero-order valence-corrected chi connectivity index (χ0v) is 11.0. The standard InChI is InChI=1S/C13H23N3O/c1-4-14-13-10-12(6-7-15-13)16(11(2)3)8-5-9-17/h6-7,10-11,17H,4-5,8-9H2,1-3H3,(H,14,15). The summed E-state index contributed by atoms with van der Waals surface area (Å²) in [5, 5.41) is 12.1. The second kappa shape index (κ2) is 7.12. The fraction of sp³-hybridized carbons (Fsp3) is 0.615. The first kappa shape index (κ1) is 13.8. The molecule has 0 unspecified atom stereocenters. The van der Waals surface area contributed by atoms with Gasteiger partial charge in [0.25, 0.3) is 0 Å². The number of aromatic nitrogens is 1. The van der Waals surface area contributed by atoms with Crippen LogP contribution in [-0.4, -0.2) is 35.8 Å². The van der Waals surface area contributed by atoms with Gasteiger partial charge in [0.2, 0.25) is 0 Å². The summed E-state index contributed by atoms with van der Waals surface area (Å²) in [6.07, 6.45) is 2.61. The predicted molar refractivity (Wildman–Crippen MR) is 72.6 cm³/mol. The van der Waals surface area contributed by atoms with Gasteiger partial charge in [-0.15, -0.1) is 0 Å². The summed E-state index contributed by atoms with van der Waals surface area (Å²) in [4.78, 5) is 6.54. The Morgan fingerprint density at radius 3 is 2.82 bits per heavy atom. The molecule has 96 valence electrons. The molecule has 0 aliphatic rings. The second-order valence-corrected chi connectivity index (χ2v) is 4.29. The summed E-state index contributed by atoms with van der Waals surface area (Å²) >= 11 is 0. The van der Waals surface area contributed by atoms with E-state index in [2.05, 4.69) is 42.0 Å². The van der Waals surface area contributed by atoms with Gasteiger partial charge < -0.3 is 15.3 Å². The van der Waals surface area contributed by atoms with Gasteiger partial charge in [-0.3, -0.25) is 0 Å². The molecule has 0 spiro atoms. The number of hydrogen-bond donors (Lipinski definition) is 2. The van der Waals surface area contributed by atoms with E-state index in [1.807, 2.05) is 12.3 Å². The molecule has 1 rings (SSSR count). The summed E-state index contributed by atoms with van der Waals surface area (Å²) in [6, 6.07) is 4.48. The second-order valence-electron chi connectivity index (χ2n) is 4.29. The minimum absolute atomic E-state index is 0.231. The fourth-order valence-corrected chi connectivity index (χ4v) is 1.80. The van der Waals surface area contributed by atoms with Crippen molar-refractivity contribution in [2.24, 2.45) is 0 Å². The Kier molecular flexibility index (Phi) is 5.77. The first-order chi connectivity index (χ1) is 8.19. The maximum atomic E-state index is 8.93. The summed E-state index contributed by atoms with van der Waals surface area (Å²) in [5.41, 5.74) is 1.15. The molecule has 0 radical (unpaired) electrons. The SMILES string of the molecule is CCNc1cc(N(CCCO)C(C)C)ccn1. The van der Waals surface area contributed by atoms with Crippen LogP contribution < -0.4 is 10.2 Å². The molecule has 1 aromatic rings. The molecule has 0 atom stereocenters. The maximum absolute atomic E-state index is 8.93.